The zero-order valence-electron chi connectivity index (χ0n) is 14.3. The van der Waals surface area contributed by atoms with Gasteiger partial charge in [-0.2, -0.15) is 0 Å². The molecule has 1 fully saturated rings. The lowest BCUT2D eigenvalue weighted by molar-refractivity contribution is -0.135. The second kappa shape index (κ2) is 7.11. The summed E-state index contributed by atoms with van der Waals surface area (Å²) in [7, 11) is 0. The lowest BCUT2D eigenvalue weighted by Gasteiger charge is -2.24. The molecule has 0 spiro atoms. The Balaban J connectivity index is 1.70. The van der Waals surface area contributed by atoms with Crippen molar-refractivity contribution in [2.45, 2.75) is 33.1 Å². The van der Waals surface area contributed by atoms with E-state index in [1.165, 1.54) is 0 Å². The summed E-state index contributed by atoms with van der Waals surface area (Å²) in [4.78, 5) is 28.6. The van der Waals surface area contributed by atoms with Gasteiger partial charge in [0.15, 0.2) is 11.5 Å². The molecule has 0 saturated carbocycles. The number of anilines is 1. The minimum Gasteiger partial charge on any atom is -0.454 e. The molecule has 1 aromatic rings. The van der Waals surface area contributed by atoms with Crippen molar-refractivity contribution in [3.05, 3.63) is 18.2 Å². The average molecular weight is 332 g/mol. The molecule has 0 bridgehead atoms. The second-order valence-corrected chi connectivity index (χ2v) is 6.21. The normalized spacial score (nSPS) is 19.0. The highest BCUT2D eigenvalue weighted by atomic mass is 16.7. The summed E-state index contributed by atoms with van der Waals surface area (Å²) in [6.45, 7) is 6.18. The lowest BCUT2D eigenvalue weighted by atomic mass is 10.1. The largest absolute Gasteiger partial charge is 0.454 e. The van der Waals surface area contributed by atoms with Crippen LogP contribution in [0.5, 0.6) is 11.5 Å². The van der Waals surface area contributed by atoms with Crippen LogP contribution in [-0.4, -0.2) is 43.1 Å². The number of hydrogen-bond acceptors (Lipinski definition) is 4. The minimum atomic E-state index is -0.264. The summed E-state index contributed by atoms with van der Waals surface area (Å²) in [6, 6.07) is 5.45. The Kier molecular flexibility index (Phi) is 4.92. The first kappa shape index (κ1) is 16.6. The molecule has 2 heterocycles. The molecule has 0 N–H and O–H groups in total. The molecule has 0 radical (unpaired) electrons. The maximum atomic E-state index is 12.7. The fourth-order valence-electron chi connectivity index (χ4n) is 3.21. The topological polar surface area (TPSA) is 59.1 Å². The van der Waals surface area contributed by atoms with Crippen molar-refractivity contribution in [3.63, 3.8) is 0 Å². The molecule has 130 valence electrons. The smallest absolute Gasteiger partial charge is 0.231 e. The number of benzene rings is 1. The molecule has 6 heteroatoms. The first-order chi connectivity index (χ1) is 11.6. The van der Waals surface area contributed by atoms with Gasteiger partial charge in [-0.3, -0.25) is 9.59 Å². The zero-order chi connectivity index (χ0) is 17.1. The predicted molar refractivity (Wildman–Crippen MR) is 90.2 cm³/mol. The third-order valence-corrected chi connectivity index (χ3v) is 4.62. The van der Waals surface area contributed by atoms with Gasteiger partial charge in [0.1, 0.15) is 0 Å². The standard InChI is InChI=1S/C18H24N2O4/c1-3-5-8-19(4-2)18(22)13-9-17(21)20(11-13)14-6-7-15-16(10-14)24-12-23-15/h6-7,10,13H,3-5,8-9,11-12H2,1-2H3. The summed E-state index contributed by atoms with van der Waals surface area (Å²) >= 11 is 0. The van der Waals surface area contributed by atoms with Crippen molar-refractivity contribution in [3.8, 4) is 11.5 Å². The molecule has 1 unspecified atom stereocenters. The fourth-order valence-corrected chi connectivity index (χ4v) is 3.21. The zero-order valence-corrected chi connectivity index (χ0v) is 14.3. The lowest BCUT2D eigenvalue weighted by Crippen LogP contribution is -2.38. The highest BCUT2D eigenvalue weighted by Crippen LogP contribution is 2.37. The maximum Gasteiger partial charge on any atom is 0.231 e. The quantitative estimate of drug-likeness (QED) is 0.803. The van der Waals surface area contributed by atoms with E-state index < -0.39 is 0 Å². The van der Waals surface area contributed by atoms with Crippen molar-refractivity contribution >= 4 is 17.5 Å². The van der Waals surface area contributed by atoms with Crippen molar-refractivity contribution in [2.75, 3.05) is 31.3 Å². The van der Waals surface area contributed by atoms with Gasteiger partial charge in [-0.05, 0) is 25.5 Å². The van der Waals surface area contributed by atoms with Gasteiger partial charge in [-0.15, -0.1) is 0 Å². The molecule has 2 aliphatic heterocycles. The van der Waals surface area contributed by atoms with Gasteiger partial charge >= 0.3 is 0 Å². The number of carbonyl (C=O) groups excluding carboxylic acids is 2. The van der Waals surface area contributed by atoms with Crippen LogP contribution in [0.3, 0.4) is 0 Å². The molecular formula is C18H24N2O4. The van der Waals surface area contributed by atoms with Gasteiger partial charge < -0.3 is 19.3 Å². The highest BCUT2D eigenvalue weighted by molar-refractivity contribution is 6.00. The van der Waals surface area contributed by atoms with Crippen LogP contribution in [-0.2, 0) is 9.59 Å². The molecule has 24 heavy (non-hydrogen) atoms. The Labute approximate surface area is 142 Å². The van der Waals surface area contributed by atoms with E-state index in [9.17, 15) is 9.59 Å². The van der Waals surface area contributed by atoms with E-state index in [0.29, 0.717) is 24.6 Å². The van der Waals surface area contributed by atoms with E-state index in [1.54, 1.807) is 11.0 Å². The third-order valence-electron chi connectivity index (χ3n) is 4.62. The fraction of sp³-hybridized carbons (Fsp3) is 0.556. The molecule has 0 aromatic heterocycles. The van der Waals surface area contributed by atoms with Crippen molar-refractivity contribution in [1.29, 1.82) is 0 Å². The Hall–Kier alpha value is -2.24. The van der Waals surface area contributed by atoms with E-state index in [0.717, 1.165) is 25.1 Å². The van der Waals surface area contributed by atoms with Crippen LogP contribution in [0.2, 0.25) is 0 Å². The van der Waals surface area contributed by atoms with Crippen LogP contribution < -0.4 is 14.4 Å². The van der Waals surface area contributed by atoms with Crippen LogP contribution in [0.1, 0.15) is 33.1 Å². The monoisotopic (exact) mass is 332 g/mol. The molecular weight excluding hydrogens is 308 g/mol. The maximum absolute atomic E-state index is 12.7. The summed E-state index contributed by atoms with van der Waals surface area (Å²) in [5.74, 6) is 1.14. The Morgan fingerprint density at radius 1 is 1.29 bits per heavy atom. The summed E-state index contributed by atoms with van der Waals surface area (Å²) in [5, 5.41) is 0. The Bertz CT molecular complexity index is 631. The van der Waals surface area contributed by atoms with E-state index in [2.05, 4.69) is 6.92 Å². The van der Waals surface area contributed by atoms with Crippen molar-refractivity contribution < 1.29 is 19.1 Å². The summed E-state index contributed by atoms with van der Waals surface area (Å²) < 4.78 is 10.7. The highest BCUT2D eigenvalue weighted by Gasteiger charge is 2.37. The number of unbranched alkanes of at least 4 members (excludes halogenated alkanes) is 1. The molecule has 1 saturated heterocycles. The van der Waals surface area contributed by atoms with Crippen LogP contribution in [0.25, 0.3) is 0 Å². The third kappa shape index (κ3) is 3.18. The first-order valence-corrected chi connectivity index (χ1v) is 8.62. The molecule has 6 nitrogen and oxygen atoms in total. The Morgan fingerprint density at radius 2 is 2.08 bits per heavy atom. The van der Waals surface area contributed by atoms with E-state index in [1.807, 2.05) is 24.0 Å². The number of nitrogens with zero attached hydrogens (tertiary/aromatic N) is 2. The number of rotatable bonds is 6. The molecule has 0 aliphatic carbocycles. The van der Waals surface area contributed by atoms with Crippen molar-refractivity contribution in [1.82, 2.24) is 4.90 Å². The van der Waals surface area contributed by atoms with Gasteiger partial charge in [0.05, 0.1) is 5.92 Å². The van der Waals surface area contributed by atoms with Crippen LogP contribution in [0.15, 0.2) is 18.2 Å². The van der Waals surface area contributed by atoms with Gasteiger partial charge in [0.2, 0.25) is 18.6 Å². The van der Waals surface area contributed by atoms with E-state index in [-0.39, 0.29) is 30.9 Å². The molecule has 3 rings (SSSR count). The minimum absolute atomic E-state index is 0.0150. The second-order valence-electron chi connectivity index (χ2n) is 6.21. The number of amides is 2. The summed E-state index contributed by atoms with van der Waals surface area (Å²) in [5.41, 5.74) is 0.760. The Morgan fingerprint density at radius 3 is 2.83 bits per heavy atom. The van der Waals surface area contributed by atoms with Crippen molar-refractivity contribution in [2.24, 2.45) is 5.92 Å². The first-order valence-electron chi connectivity index (χ1n) is 8.62. The number of hydrogen-bond donors (Lipinski definition) is 0. The molecule has 2 amide bonds. The molecule has 1 atom stereocenters. The predicted octanol–water partition coefficient (Wildman–Crippen LogP) is 2.42. The van der Waals surface area contributed by atoms with Gasteiger partial charge in [0, 0.05) is 37.8 Å². The van der Waals surface area contributed by atoms with Gasteiger partial charge in [0.25, 0.3) is 0 Å². The SMILES string of the molecule is CCCCN(CC)C(=O)C1CC(=O)N(c2ccc3c(c2)OCO3)C1. The number of carbonyl (C=O) groups is 2. The molecule has 1 aromatic carbocycles. The van der Waals surface area contributed by atoms with E-state index in [4.69, 9.17) is 9.47 Å². The van der Waals surface area contributed by atoms with Gasteiger partial charge in [-0.1, -0.05) is 13.3 Å². The van der Waals surface area contributed by atoms with Crippen LogP contribution in [0.4, 0.5) is 5.69 Å². The summed E-state index contributed by atoms with van der Waals surface area (Å²) in [6.07, 6.45) is 2.32. The number of ether oxygens (including phenoxy) is 2. The van der Waals surface area contributed by atoms with Gasteiger partial charge in [-0.25, -0.2) is 0 Å². The van der Waals surface area contributed by atoms with Crippen LogP contribution >= 0.6 is 0 Å². The average Bonchev–Trinajstić information content (AvgIpc) is 3.20. The van der Waals surface area contributed by atoms with Crippen LogP contribution in [0, 0.1) is 5.92 Å². The number of fused-ring (bicyclic) bond motifs is 1. The van der Waals surface area contributed by atoms with E-state index >= 15 is 0 Å². The molecule has 2 aliphatic rings.